The highest BCUT2D eigenvalue weighted by atomic mass is 16.5. The Kier molecular flexibility index (Phi) is 5.91. The molecule has 7 heteroatoms. The number of nitrogens with zero attached hydrogens (tertiary/aromatic N) is 2. The number of amides is 1. The molecule has 5 aromatic rings. The summed E-state index contributed by atoms with van der Waals surface area (Å²) in [7, 11) is 3.26. The Labute approximate surface area is 197 Å². The Morgan fingerprint density at radius 2 is 1.88 bits per heavy atom. The maximum atomic E-state index is 12.9. The number of para-hydroxylation sites is 2. The van der Waals surface area contributed by atoms with Crippen molar-refractivity contribution in [1.29, 1.82) is 0 Å². The van der Waals surface area contributed by atoms with Crippen molar-refractivity contribution < 1.29 is 14.3 Å². The van der Waals surface area contributed by atoms with E-state index in [1.54, 1.807) is 14.2 Å². The molecule has 0 aliphatic rings. The molecule has 0 aliphatic heterocycles. The number of H-pyrrole nitrogens is 1. The summed E-state index contributed by atoms with van der Waals surface area (Å²) < 4.78 is 13.2. The number of hydrogen-bond donors (Lipinski definition) is 2. The van der Waals surface area contributed by atoms with Crippen molar-refractivity contribution in [2.45, 2.75) is 12.3 Å². The van der Waals surface area contributed by atoms with Gasteiger partial charge in [-0.2, -0.15) is 0 Å². The molecule has 0 saturated carbocycles. The van der Waals surface area contributed by atoms with Crippen LogP contribution in [0.2, 0.25) is 0 Å². The number of methoxy groups -OCH3 is 2. The molecule has 0 spiro atoms. The van der Waals surface area contributed by atoms with Gasteiger partial charge in [-0.05, 0) is 29.8 Å². The van der Waals surface area contributed by atoms with E-state index in [1.807, 2.05) is 77.6 Å². The summed E-state index contributed by atoms with van der Waals surface area (Å²) in [5, 5.41) is 4.22. The van der Waals surface area contributed by atoms with Crippen molar-refractivity contribution in [1.82, 2.24) is 19.7 Å². The van der Waals surface area contributed by atoms with Gasteiger partial charge in [0.25, 0.3) is 0 Å². The molecule has 34 heavy (non-hydrogen) atoms. The second-order valence-corrected chi connectivity index (χ2v) is 8.10. The summed E-state index contributed by atoms with van der Waals surface area (Å²) >= 11 is 0. The van der Waals surface area contributed by atoms with Crippen LogP contribution < -0.4 is 14.8 Å². The smallest absolute Gasteiger partial charge is 0.226 e. The fraction of sp³-hybridized carbons (Fsp3) is 0.185. The Hall–Kier alpha value is -4.26. The quantitative estimate of drug-likeness (QED) is 0.366. The van der Waals surface area contributed by atoms with Crippen molar-refractivity contribution in [3.63, 3.8) is 0 Å². The third-order valence-electron chi connectivity index (χ3n) is 6.06. The first-order valence-corrected chi connectivity index (χ1v) is 11.1. The zero-order valence-electron chi connectivity index (χ0n) is 19.1. The monoisotopic (exact) mass is 454 g/mol. The predicted molar refractivity (Wildman–Crippen MR) is 132 cm³/mol. The van der Waals surface area contributed by atoms with Gasteiger partial charge < -0.3 is 24.2 Å². The summed E-state index contributed by atoms with van der Waals surface area (Å²) in [4.78, 5) is 20.8. The van der Waals surface area contributed by atoms with E-state index >= 15 is 0 Å². The van der Waals surface area contributed by atoms with Gasteiger partial charge in [0.15, 0.2) is 11.5 Å². The minimum absolute atomic E-state index is 0.0879. The van der Waals surface area contributed by atoms with Gasteiger partial charge in [0.1, 0.15) is 5.65 Å². The standard InChI is InChI=1S/C27H26N4O3/c1-33-24-11-7-9-20(27(24)34-2)22(21-15-28-23-10-4-3-8-19(21)23)16-29-26(32)14-18-17-31-13-6-5-12-25(31)30-18/h3-13,15,17,22,28H,14,16H2,1-2H3,(H,29,32)/t22-/m0/s1. The lowest BCUT2D eigenvalue weighted by Crippen LogP contribution is -2.30. The van der Waals surface area contributed by atoms with E-state index in [2.05, 4.69) is 21.4 Å². The molecule has 1 amide bonds. The van der Waals surface area contributed by atoms with E-state index < -0.39 is 0 Å². The fourth-order valence-corrected chi connectivity index (χ4v) is 4.47. The topological polar surface area (TPSA) is 80.6 Å². The first-order chi connectivity index (χ1) is 16.7. The lowest BCUT2D eigenvalue weighted by Gasteiger charge is -2.22. The number of hydrogen-bond acceptors (Lipinski definition) is 4. The lowest BCUT2D eigenvalue weighted by molar-refractivity contribution is -0.120. The SMILES string of the molecule is COc1cccc([C@H](CNC(=O)Cc2cn3ccccc3n2)c2c[nH]c3ccccc23)c1OC. The number of carbonyl (C=O) groups is 1. The number of pyridine rings is 1. The van der Waals surface area contributed by atoms with Crippen LogP contribution in [0.3, 0.4) is 0 Å². The zero-order valence-corrected chi connectivity index (χ0v) is 19.1. The van der Waals surface area contributed by atoms with Crippen molar-refractivity contribution in [2.75, 3.05) is 20.8 Å². The molecule has 0 saturated heterocycles. The van der Waals surface area contributed by atoms with Gasteiger partial charge in [0.2, 0.25) is 5.91 Å². The molecule has 172 valence electrons. The number of rotatable bonds is 8. The number of aromatic amines is 1. The average Bonchev–Trinajstić information content (AvgIpc) is 3.47. The van der Waals surface area contributed by atoms with Gasteiger partial charge in [-0.3, -0.25) is 4.79 Å². The first kappa shape index (κ1) is 21.6. The molecular weight excluding hydrogens is 428 g/mol. The maximum absolute atomic E-state index is 12.9. The lowest BCUT2D eigenvalue weighted by atomic mass is 9.89. The molecule has 0 fully saturated rings. The second-order valence-electron chi connectivity index (χ2n) is 8.10. The third-order valence-corrected chi connectivity index (χ3v) is 6.06. The molecule has 1 atom stereocenters. The Morgan fingerprint density at radius 1 is 1.03 bits per heavy atom. The van der Waals surface area contributed by atoms with Crippen LogP contribution in [-0.4, -0.2) is 41.0 Å². The van der Waals surface area contributed by atoms with Gasteiger partial charge >= 0.3 is 0 Å². The van der Waals surface area contributed by atoms with Gasteiger partial charge in [0.05, 0.1) is 26.3 Å². The molecular formula is C27H26N4O3. The average molecular weight is 455 g/mol. The largest absolute Gasteiger partial charge is 0.493 e. The van der Waals surface area contributed by atoms with Crippen LogP contribution in [0, 0.1) is 0 Å². The molecule has 3 aromatic heterocycles. The molecule has 0 aliphatic carbocycles. The van der Waals surface area contributed by atoms with Gasteiger partial charge in [-0.1, -0.05) is 36.4 Å². The minimum Gasteiger partial charge on any atom is -0.493 e. The number of ether oxygens (including phenoxy) is 2. The van der Waals surface area contributed by atoms with Crippen LogP contribution in [0.15, 0.2) is 79.3 Å². The van der Waals surface area contributed by atoms with Crippen LogP contribution in [0.5, 0.6) is 11.5 Å². The summed E-state index contributed by atoms with van der Waals surface area (Å²) in [6, 6.07) is 19.8. The molecule has 5 rings (SSSR count). The summed E-state index contributed by atoms with van der Waals surface area (Å²) in [6.45, 7) is 0.400. The highest BCUT2D eigenvalue weighted by molar-refractivity contribution is 5.85. The molecule has 3 heterocycles. The van der Waals surface area contributed by atoms with Crippen LogP contribution in [0.25, 0.3) is 16.6 Å². The van der Waals surface area contributed by atoms with Gasteiger partial charge in [0, 0.05) is 47.5 Å². The number of aromatic nitrogens is 3. The number of fused-ring (bicyclic) bond motifs is 2. The number of imidazole rings is 1. The molecule has 2 N–H and O–H groups in total. The highest BCUT2D eigenvalue weighted by Gasteiger charge is 2.24. The molecule has 2 aromatic carbocycles. The fourth-order valence-electron chi connectivity index (χ4n) is 4.47. The van der Waals surface area contributed by atoms with Crippen molar-refractivity contribution in [2.24, 2.45) is 0 Å². The van der Waals surface area contributed by atoms with Crippen LogP contribution in [0.1, 0.15) is 22.7 Å². The van der Waals surface area contributed by atoms with Gasteiger partial charge in [-0.15, -0.1) is 0 Å². The van der Waals surface area contributed by atoms with Crippen LogP contribution in [-0.2, 0) is 11.2 Å². The van der Waals surface area contributed by atoms with E-state index in [9.17, 15) is 4.79 Å². The van der Waals surface area contributed by atoms with Crippen LogP contribution >= 0.6 is 0 Å². The first-order valence-electron chi connectivity index (χ1n) is 11.1. The molecule has 0 bridgehead atoms. The predicted octanol–water partition coefficient (Wildman–Crippen LogP) is 4.32. The Bertz CT molecular complexity index is 1420. The van der Waals surface area contributed by atoms with Crippen molar-refractivity contribution in [3.8, 4) is 11.5 Å². The Balaban J connectivity index is 1.45. The van der Waals surface area contributed by atoms with E-state index in [0.29, 0.717) is 18.0 Å². The highest BCUT2D eigenvalue weighted by Crippen LogP contribution is 2.40. The van der Waals surface area contributed by atoms with Crippen molar-refractivity contribution >= 4 is 22.5 Å². The summed E-state index contributed by atoms with van der Waals surface area (Å²) in [5.41, 5.74) is 4.62. The van der Waals surface area contributed by atoms with E-state index in [1.165, 1.54) is 0 Å². The van der Waals surface area contributed by atoms with Gasteiger partial charge in [-0.25, -0.2) is 4.98 Å². The third kappa shape index (κ3) is 4.08. The number of nitrogens with one attached hydrogen (secondary N) is 2. The molecule has 0 unspecified atom stereocenters. The zero-order chi connectivity index (χ0) is 23.5. The van der Waals surface area contributed by atoms with Crippen LogP contribution in [0.4, 0.5) is 0 Å². The van der Waals surface area contributed by atoms with E-state index in [4.69, 9.17) is 9.47 Å². The summed E-state index contributed by atoms with van der Waals surface area (Å²) in [6.07, 6.45) is 6.02. The number of benzene rings is 2. The summed E-state index contributed by atoms with van der Waals surface area (Å²) in [5.74, 6) is 1.08. The Morgan fingerprint density at radius 3 is 2.71 bits per heavy atom. The van der Waals surface area contributed by atoms with E-state index in [0.717, 1.165) is 33.4 Å². The maximum Gasteiger partial charge on any atom is 0.226 e. The molecule has 0 radical (unpaired) electrons. The molecule has 7 nitrogen and oxygen atoms in total. The second kappa shape index (κ2) is 9.31. The van der Waals surface area contributed by atoms with E-state index in [-0.39, 0.29) is 18.2 Å². The van der Waals surface area contributed by atoms with Crippen molar-refractivity contribution in [3.05, 3.63) is 96.1 Å². The number of carbonyl (C=O) groups excluding carboxylic acids is 1. The normalized spacial score (nSPS) is 12.1. The minimum atomic E-state index is -0.147.